The molecule has 1 aromatic carbocycles. The van der Waals surface area contributed by atoms with Crippen LogP contribution in [0.2, 0.25) is 0 Å². The highest BCUT2D eigenvalue weighted by molar-refractivity contribution is 7.15. The number of hydrogen-bond acceptors (Lipinski definition) is 5. The third kappa shape index (κ3) is 2.85. The molecule has 0 bridgehead atoms. The molecule has 1 amide bonds. The molecule has 0 aliphatic rings. The third-order valence-electron chi connectivity index (χ3n) is 3.82. The highest BCUT2D eigenvalue weighted by Crippen LogP contribution is 2.22. The fourth-order valence-corrected chi connectivity index (χ4v) is 3.28. The summed E-state index contributed by atoms with van der Waals surface area (Å²) in [4.78, 5) is 29.9. The van der Waals surface area contributed by atoms with E-state index in [1.165, 1.54) is 21.9 Å². The van der Waals surface area contributed by atoms with Gasteiger partial charge in [-0.3, -0.25) is 14.0 Å². The summed E-state index contributed by atoms with van der Waals surface area (Å²) in [5.74, 6) is 0.0903. The predicted octanol–water partition coefficient (Wildman–Crippen LogP) is 2.87. The van der Waals surface area contributed by atoms with E-state index in [9.17, 15) is 9.59 Å². The van der Waals surface area contributed by atoms with Gasteiger partial charge in [-0.15, -0.1) is 11.3 Å². The molecule has 3 heterocycles. The Kier molecular flexibility index (Phi) is 3.91. The molecule has 124 valence electrons. The Balaban J connectivity index is 1.71. The maximum absolute atomic E-state index is 12.7. The average Bonchev–Trinajstić information content (AvgIpc) is 3.32. The van der Waals surface area contributed by atoms with E-state index in [-0.39, 0.29) is 5.56 Å². The first kappa shape index (κ1) is 15.3. The van der Waals surface area contributed by atoms with Crippen molar-refractivity contribution in [1.82, 2.24) is 14.7 Å². The lowest BCUT2D eigenvalue weighted by molar-refractivity contribution is 0.0937. The monoisotopic (exact) mass is 351 g/mol. The Morgan fingerprint density at radius 2 is 2.04 bits per heavy atom. The van der Waals surface area contributed by atoms with E-state index in [0.29, 0.717) is 10.7 Å². The van der Waals surface area contributed by atoms with Gasteiger partial charge in [0, 0.05) is 17.8 Å². The molecule has 0 radical (unpaired) electrons. The zero-order valence-corrected chi connectivity index (χ0v) is 13.8. The summed E-state index contributed by atoms with van der Waals surface area (Å²) in [7, 11) is 0. The lowest BCUT2D eigenvalue weighted by atomic mass is 10.0. The van der Waals surface area contributed by atoms with Crippen LogP contribution in [0.3, 0.4) is 0 Å². The lowest BCUT2D eigenvalue weighted by Crippen LogP contribution is -2.34. The molecule has 0 aliphatic carbocycles. The number of aromatic nitrogens is 2. The molecule has 4 rings (SSSR count). The average molecular weight is 351 g/mol. The SMILES string of the molecule is O=C(NC(c1ccccc1)c1ccco1)c1cnc2sccn2c1=O. The van der Waals surface area contributed by atoms with Gasteiger partial charge in [-0.25, -0.2) is 4.98 Å². The summed E-state index contributed by atoms with van der Waals surface area (Å²) in [6, 6.07) is 12.5. The molecule has 0 aliphatic heterocycles. The number of furan rings is 1. The molecule has 25 heavy (non-hydrogen) atoms. The van der Waals surface area contributed by atoms with Crippen LogP contribution in [0.15, 0.2) is 75.7 Å². The standard InChI is InChI=1S/C18H13N3O3S/c22-16(13-11-19-18-21(17(13)23)8-10-25-18)20-15(14-7-4-9-24-14)12-5-2-1-3-6-12/h1-11,15H,(H,20,22). The summed E-state index contributed by atoms with van der Waals surface area (Å²) in [6.45, 7) is 0. The minimum absolute atomic E-state index is 0.0108. The number of carbonyl (C=O) groups excluding carboxylic acids is 1. The maximum Gasteiger partial charge on any atom is 0.271 e. The van der Waals surface area contributed by atoms with Gasteiger partial charge >= 0.3 is 0 Å². The Morgan fingerprint density at radius 3 is 2.80 bits per heavy atom. The molecule has 3 aromatic heterocycles. The van der Waals surface area contributed by atoms with Crippen molar-refractivity contribution >= 4 is 22.2 Å². The fraction of sp³-hybridized carbons (Fsp3) is 0.0556. The third-order valence-corrected chi connectivity index (χ3v) is 4.59. The van der Waals surface area contributed by atoms with Crippen molar-refractivity contribution < 1.29 is 9.21 Å². The molecule has 0 spiro atoms. The molecule has 0 fully saturated rings. The second kappa shape index (κ2) is 6.37. The van der Waals surface area contributed by atoms with Gasteiger partial charge in [0.15, 0.2) is 4.96 Å². The van der Waals surface area contributed by atoms with Crippen LogP contribution in [-0.2, 0) is 0 Å². The Bertz CT molecular complexity index is 1070. The summed E-state index contributed by atoms with van der Waals surface area (Å²) >= 11 is 1.34. The molecular formula is C18H13N3O3S. The minimum atomic E-state index is -0.497. The highest BCUT2D eigenvalue weighted by Gasteiger charge is 2.22. The van der Waals surface area contributed by atoms with E-state index in [1.807, 2.05) is 30.3 Å². The predicted molar refractivity (Wildman–Crippen MR) is 93.8 cm³/mol. The van der Waals surface area contributed by atoms with E-state index in [2.05, 4.69) is 10.3 Å². The van der Waals surface area contributed by atoms with Crippen LogP contribution in [0, 0.1) is 0 Å². The Hall–Kier alpha value is -3.19. The van der Waals surface area contributed by atoms with Gasteiger partial charge in [-0.2, -0.15) is 0 Å². The fourth-order valence-electron chi connectivity index (χ4n) is 2.61. The molecule has 1 unspecified atom stereocenters. The molecule has 0 saturated carbocycles. The number of fused-ring (bicyclic) bond motifs is 1. The van der Waals surface area contributed by atoms with Crippen LogP contribution in [0.25, 0.3) is 4.96 Å². The smallest absolute Gasteiger partial charge is 0.271 e. The van der Waals surface area contributed by atoms with Crippen LogP contribution >= 0.6 is 11.3 Å². The van der Waals surface area contributed by atoms with E-state index in [1.54, 1.807) is 30.0 Å². The molecule has 4 aromatic rings. The van der Waals surface area contributed by atoms with Gasteiger partial charge in [-0.05, 0) is 17.7 Å². The summed E-state index contributed by atoms with van der Waals surface area (Å²) < 4.78 is 6.83. The maximum atomic E-state index is 12.7. The normalized spacial score (nSPS) is 12.2. The van der Waals surface area contributed by atoms with Gasteiger partial charge < -0.3 is 9.73 Å². The number of carbonyl (C=O) groups is 1. The zero-order chi connectivity index (χ0) is 17.2. The van der Waals surface area contributed by atoms with Gasteiger partial charge in [0.2, 0.25) is 0 Å². The van der Waals surface area contributed by atoms with E-state index in [0.717, 1.165) is 5.56 Å². The molecule has 1 N–H and O–H groups in total. The summed E-state index contributed by atoms with van der Waals surface area (Å²) in [5, 5.41) is 4.62. The Labute approximate surface area is 146 Å². The number of nitrogens with zero attached hydrogens (tertiary/aromatic N) is 2. The van der Waals surface area contributed by atoms with Crippen molar-refractivity contribution in [2.45, 2.75) is 6.04 Å². The van der Waals surface area contributed by atoms with Gasteiger partial charge in [0.05, 0.1) is 6.26 Å². The molecule has 1 atom stereocenters. The second-order valence-corrected chi connectivity index (χ2v) is 6.24. The topological polar surface area (TPSA) is 76.6 Å². The number of thiazole rings is 1. The molecular weight excluding hydrogens is 338 g/mol. The first-order chi connectivity index (χ1) is 12.2. The van der Waals surface area contributed by atoms with Crippen LogP contribution < -0.4 is 10.9 Å². The van der Waals surface area contributed by atoms with Crippen molar-refractivity contribution in [2.75, 3.05) is 0 Å². The molecule has 0 saturated heterocycles. The minimum Gasteiger partial charge on any atom is -0.467 e. The van der Waals surface area contributed by atoms with Crippen molar-refractivity contribution in [1.29, 1.82) is 0 Å². The highest BCUT2D eigenvalue weighted by atomic mass is 32.1. The number of benzene rings is 1. The first-order valence-electron chi connectivity index (χ1n) is 7.58. The van der Waals surface area contributed by atoms with E-state index >= 15 is 0 Å². The second-order valence-electron chi connectivity index (χ2n) is 5.37. The lowest BCUT2D eigenvalue weighted by Gasteiger charge is -2.17. The van der Waals surface area contributed by atoms with Crippen LogP contribution in [-0.4, -0.2) is 15.3 Å². The number of nitrogens with one attached hydrogen (secondary N) is 1. The summed E-state index contributed by atoms with van der Waals surface area (Å²) in [6.07, 6.45) is 4.46. The Morgan fingerprint density at radius 1 is 1.20 bits per heavy atom. The number of amides is 1. The van der Waals surface area contributed by atoms with Crippen molar-refractivity contribution in [2.24, 2.45) is 0 Å². The van der Waals surface area contributed by atoms with Crippen LogP contribution in [0.4, 0.5) is 0 Å². The summed E-state index contributed by atoms with van der Waals surface area (Å²) in [5.41, 5.74) is 0.453. The first-order valence-corrected chi connectivity index (χ1v) is 8.46. The zero-order valence-electron chi connectivity index (χ0n) is 13.0. The van der Waals surface area contributed by atoms with Crippen molar-refractivity contribution in [3.05, 3.63) is 93.7 Å². The number of rotatable bonds is 4. The van der Waals surface area contributed by atoms with E-state index < -0.39 is 17.5 Å². The van der Waals surface area contributed by atoms with E-state index in [4.69, 9.17) is 4.42 Å². The van der Waals surface area contributed by atoms with Crippen molar-refractivity contribution in [3.8, 4) is 0 Å². The molecule has 7 heteroatoms. The largest absolute Gasteiger partial charge is 0.467 e. The van der Waals surface area contributed by atoms with Crippen molar-refractivity contribution in [3.63, 3.8) is 0 Å². The van der Waals surface area contributed by atoms with Crippen LogP contribution in [0.5, 0.6) is 0 Å². The van der Waals surface area contributed by atoms with Gasteiger partial charge in [0.1, 0.15) is 17.4 Å². The van der Waals surface area contributed by atoms with Gasteiger partial charge in [0.25, 0.3) is 11.5 Å². The van der Waals surface area contributed by atoms with Crippen LogP contribution in [0.1, 0.15) is 27.7 Å². The molecule has 6 nitrogen and oxygen atoms in total. The quantitative estimate of drug-likeness (QED) is 0.613. The number of hydrogen-bond donors (Lipinski definition) is 1. The van der Waals surface area contributed by atoms with Gasteiger partial charge in [-0.1, -0.05) is 30.3 Å².